The highest BCUT2D eigenvalue weighted by atomic mass is 35.5. The van der Waals surface area contributed by atoms with Crippen LogP contribution in [0.2, 0.25) is 0 Å². The molecular formula is C19H23ClN2O2. The van der Waals surface area contributed by atoms with Crippen LogP contribution < -0.4 is 10.1 Å². The molecule has 4 nitrogen and oxygen atoms in total. The highest BCUT2D eigenvalue weighted by molar-refractivity contribution is 5.94. The van der Waals surface area contributed by atoms with E-state index in [1.54, 1.807) is 0 Å². The van der Waals surface area contributed by atoms with Crippen molar-refractivity contribution in [2.24, 2.45) is 0 Å². The Hall–Kier alpha value is -2.04. The molecule has 0 aliphatic carbocycles. The monoisotopic (exact) mass is 346 g/mol. The number of hydrogen-bond acceptors (Lipinski definition) is 3. The fourth-order valence-corrected chi connectivity index (χ4v) is 2.77. The van der Waals surface area contributed by atoms with Gasteiger partial charge in [-0.05, 0) is 42.8 Å². The van der Waals surface area contributed by atoms with Crippen LogP contribution in [0.4, 0.5) is 0 Å². The molecule has 5 heteroatoms. The molecule has 2 aromatic rings. The number of halogens is 1. The lowest BCUT2D eigenvalue weighted by atomic mass is 10.1. The predicted octanol–water partition coefficient (Wildman–Crippen LogP) is 3.12. The molecule has 1 atom stereocenters. The number of nitrogens with zero attached hydrogens (tertiary/aromatic N) is 1. The zero-order chi connectivity index (χ0) is 16.1. The van der Waals surface area contributed by atoms with Crippen molar-refractivity contribution in [3.8, 4) is 5.75 Å². The van der Waals surface area contributed by atoms with Gasteiger partial charge in [0.25, 0.3) is 5.91 Å². The molecule has 1 unspecified atom stereocenters. The number of ether oxygens (including phenoxy) is 1. The Labute approximate surface area is 149 Å². The van der Waals surface area contributed by atoms with E-state index in [0.29, 0.717) is 12.6 Å². The molecule has 0 bridgehead atoms. The summed E-state index contributed by atoms with van der Waals surface area (Å²) in [6.07, 6.45) is 1.02. The van der Waals surface area contributed by atoms with Crippen molar-refractivity contribution >= 4 is 18.3 Å². The predicted molar refractivity (Wildman–Crippen MR) is 97.8 cm³/mol. The Bertz CT molecular complexity index is 640. The Morgan fingerprint density at radius 1 is 1.17 bits per heavy atom. The molecule has 3 rings (SSSR count). The van der Waals surface area contributed by atoms with Crippen molar-refractivity contribution in [2.45, 2.75) is 19.1 Å². The summed E-state index contributed by atoms with van der Waals surface area (Å²) in [6, 6.07) is 17.7. The van der Waals surface area contributed by atoms with Gasteiger partial charge < -0.3 is 15.0 Å². The second-order valence-corrected chi connectivity index (χ2v) is 5.86. The van der Waals surface area contributed by atoms with Gasteiger partial charge in [-0.15, -0.1) is 12.4 Å². The Morgan fingerprint density at radius 3 is 2.50 bits per heavy atom. The van der Waals surface area contributed by atoms with Gasteiger partial charge in [0.2, 0.25) is 0 Å². The third-order valence-corrected chi connectivity index (χ3v) is 4.25. The van der Waals surface area contributed by atoms with Gasteiger partial charge in [0.05, 0.1) is 0 Å². The SMILES string of the molecule is CN(C(=O)c1ccc(COc2ccccc2)cc1)C1CCNC1.Cl. The first-order chi connectivity index (χ1) is 11.2. The lowest BCUT2D eigenvalue weighted by Crippen LogP contribution is -2.38. The van der Waals surface area contributed by atoms with Crippen molar-refractivity contribution in [1.82, 2.24) is 10.2 Å². The van der Waals surface area contributed by atoms with Crippen molar-refractivity contribution in [2.75, 3.05) is 20.1 Å². The van der Waals surface area contributed by atoms with Crippen molar-refractivity contribution in [1.29, 1.82) is 0 Å². The molecule has 1 fully saturated rings. The minimum atomic E-state index is 0. The fourth-order valence-electron chi connectivity index (χ4n) is 2.77. The van der Waals surface area contributed by atoms with Crippen LogP contribution in [0.1, 0.15) is 22.3 Å². The molecule has 0 aromatic heterocycles. The van der Waals surface area contributed by atoms with Gasteiger partial charge in [-0.25, -0.2) is 0 Å². The van der Waals surface area contributed by atoms with Gasteiger partial charge in [-0.2, -0.15) is 0 Å². The molecule has 1 amide bonds. The fraction of sp³-hybridized carbons (Fsp3) is 0.316. The van der Waals surface area contributed by atoms with Crippen LogP contribution in [-0.4, -0.2) is 37.0 Å². The molecule has 1 saturated heterocycles. The lowest BCUT2D eigenvalue weighted by molar-refractivity contribution is 0.0743. The molecule has 24 heavy (non-hydrogen) atoms. The maximum absolute atomic E-state index is 12.5. The number of para-hydroxylation sites is 1. The van der Waals surface area contributed by atoms with E-state index in [1.165, 1.54) is 0 Å². The summed E-state index contributed by atoms with van der Waals surface area (Å²) in [7, 11) is 1.88. The van der Waals surface area contributed by atoms with Crippen LogP contribution >= 0.6 is 12.4 Å². The standard InChI is InChI=1S/C19H22N2O2.ClH/c1-21(17-11-12-20-13-17)19(22)16-9-7-15(8-10-16)14-23-18-5-3-2-4-6-18;/h2-10,17,20H,11-14H2,1H3;1H. The zero-order valence-electron chi connectivity index (χ0n) is 13.8. The maximum Gasteiger partial charge on any atom is 0.253 e. The quantitative estimate of drug-likeness (QED) is 0.904. The maximum atomic E-state index is 12.5. The summed E-state index contributed by atoms with van der Waals surface area (Å²) in [5.74, 6) is 0.926. The highest BCUT2D eigenvalue weighted by Gasteiger charge is 2.23. The summed E-state index contributed by atoms with van der Waals surface area (Å²) in [6.45, 7) is 2.37. The van der Waals surface area contributed by atoms with E-state index in [4.69, 9.17) is 4.74 Å². The summed E-state index contributed by atoms with van der Waals surface area (Å²) < 4.78 is 5.72. The number of carbonyl (C=O) groups excluding carboxylic acids is 1. The average Bonchev–Trinajstić information content (AvgIpc) is 3.15. The van der Waals surface area contributed by atoms with Crippen molar-refractivity contribution in [3.63, 3.8) is 0 Å². The van der Waals surface area contributed by atoms with E-state index < -0.39 is 0 Å². The van der Waals surface area contributed by atoms with Crippen LogP contribution in [0.5, 0.6) is 5.75 Å². The van der Waals surface area contributed by atoms with Crippen LogP contribution in [0.25, 0.3) is 0 Å². The summed E-state index contributed by atoms with van der Waals surface area (Å²) in [5.41, 5.74) is 1.78. The Morgan fingerprint density at radius 2 is 1.88 bits per heavy atom. The van der Waals surface area contributed by atoms with Crippen LogP contribution in [0.15, 0.2) is 54.6 Å². The second kappa shape index (κ2) is 8.71. The van der Waals surface area contributed by atoms with E-state index in [9.17, 15) is 4.79 Å². The number of amides is 1. The first-order valence-corrected chi connectivity index (χ1v) is 7.99. The highest BCUT2D eigenvalue weighted by Crippen LogP contribution is 2.15. The van der Waals surface area contributed by atoms with Crippen molar-refractivity contribution < 1.29 is 9.53 Å². The Kier molecular flexibility index (Phi) is 6.64. The largest absolute Gasteiger partial charge is 0.489 e. The molecule has 1 aliphatic rings. The number of benzene rings is 2. The molecule has 1 N–H and O–H groups in total. The summed E-state index contributed by atoms with van der Waals surface area (Å²) in [4.78, 5) is 14.3. The number of likely N-dealkylation sites (N-methyl/N-ethyl adjacent to an activating group) is 1. The van der Waals surface area contributed by atoms with Gasteiger partial charge in [0.1, 0.15) is 12.4 Å². The van der Waals surface area contributed by atoms with Crippen LogP contribution in [0.3, 0.4) is 0 Å². The number of carbonyl (C=O) groups is 1. The topological polar surface area (TPSA) is 41.6 Å². The summed E-state index contributed by atoms with van der Waals surface area (Å²) in [5, 5.41) is 3.29. The smallest absolute Gasteiger partial charge is 0.253 e. The van der Waals surface area contributed by atoms with Gasteiger partial charge in [0, 0.05) is 25.2 Å². The first kappa shape index (κ1) is 18.3. The van der Waals surface area contributed by atoms with Crippen LogP contribution in [0, 0.1) is 0 Å². The minimum Gasteiger partial charge on any atom is -0.489 e. The Balaban J connectivity index is 0.00000208. The van der Waals surface area contributed by atoms with Gasteiger partial charge >= 0.3 is 0 Å². The molecule has 1 aliphatic heterocycles. The first-order valence-electron chi connectivity index (χ1n) is 7.99. The molecule has 0 saturated carbocycles. The average molecular weight is 347 g/mol. The number of nitrogens with one attached hydrogen (secondary N) is 1. The molecule has 1 heterocycles. The van der Waals surface area contributed by atoms with Crippen molar-refractivity contribution in [3.05, 3.63) is 65.7 Å². The van der Waals surface area contributed by atoms with E-state index in [0.717, 1.165) is 36.4 Å². The normalized spacial score (nSPS) is 16.3. The lowest BCUT2D eigenvalue weighted by Gasteiger charge is -2.23. The molecule has 0 radical (unpaired) electrons. The van der Waals surface area contributed by atoms with Gasteiger partial charge in [-0.1, -0.05) is 30.3 Å². The van der Waals surface area contributed by atoms with E-state index in [1.807, 2.05) is 66.5 Å². The van der Waals surface area contributed by atoms with E-state index in [2.05, 4.69) is 5.32 Å². The van der Waals surface area contributed by atoms with Gasteiger partial charge in [0.15, 0.2) is 0 Å². The number of hydrogen-bond donors (Lipinski definition) is 1. The third-order valence-electron chi connectivity index (χ3n) is 4.25. The third kappa shape index (κ3) is 4.49. The van der Waals surface area contributed by atoms with Gasteiger partial charge in [-0.3, -0.25) is 4.79 Å². The molecular weight excluding hydrogens is 324 g/mol. The van der Waals surface area contributed by atoms with E-state index >= 15 is 0 Å². The van der Waals surface area contributed by atoms with Crippen LogP contribution in [-0.2, 0) is 6.61 Å². The second-order valence-electron chi connectivity index (χ2n) is 5.86. The summed E-state index contributed by atoms with van der Waals surface area (Å²) >= 11 is 0. The minimum absolute atomic E-state index is 0. The number of rotatable bonds is 5. The zero-order valence-corrected chi connectivity index (χ0v) is 14.6. The molecule has 2 aromatic carbocycles. The molecule has 0 spiro atoms. The van der Waals surface area contributed by atoms with E-state index in [-0.39, 0.29) is 18.3 Å². The molecule has 128 valence electrons.